The number of alkyl halides is 3. The van der Waals surface area contributed by atoms with Crippen LogP contribution in [-0.2, 0) is 6.18 Å². The Hall–Kier alpha value is -1.11. The Morgan fingerprint density at radius 2 is 2.00 bits per heavy atom. The fourth-order valence-corrected chi connectivity index (χ4v) is 1.70. The van der Waals surface area contributed by atoms with Crippen LogP contribution in [0.5, 0.6) is 0 Å². The van der Waals surface area contributed by atoms with Crippen molar-refractivity contribution in [3.8, 4) is 0 Å². The molecule has 0 N–H and O–H groups in total. The Kier molecular flexibility index (Phi) is 4.92. The van der Waals surface area contributed by atoms with E-state index in [2.05, 4.69) is 4.98 Å². The molecule has 1 nitrogen and oxygen atoms in total. The van der Waals surface area contributed by atoms with Crippen LogP contribution in [-0.4, -0.2) is 10.7 Å². The Bertz CT molecular complexity index is 381. The average molecular weight is 269 g/mol. The molecule has 94 valence electrons. The number of hydrogen-bond acceptors (Lipinski definition) is 2. The quantitative estimate of drug-likeness (QED) is 0.457. The molecule has 1 rings (SSSR count). The van der Waals surface area contributed by atoms with Crippen LogP contribution in [0.2, 0.25) is 0 Å². The van der Waals surface area contributed by atoms with Crippen LogP contribution in [0.4, 0.5) is 22.0 Å². The number of hydrogen-bond donors (Lipinski definition) is 0. The first kappa shape index (κ1) is 14.0. The van der Waals surface area contributed by atoms with Crippen LogP contribution in [0, 0.1) is 0 Å². The maximum atomic E-state index is 12.2. The normalized spacial score (nSPS) is 11.4. The third-order valence-electron chi connectivity index (χ3n) is 1.73. The highest BCUT2D eigenvalue weighted by Gasteiger charge is 2.30. The van der Waals surface area contributed by atoms with Crippen LogP contribution >= 0.6 is 11.8 Å². The smallest absolute Gasteiger partial charge is 0.249 e. The molecule has 0 bridgehead atoms. The first-order valence-electron chi connectivity index (χ1n) is 4.57. The zero-order valence-electron chi connectivity index (χ0n) is 8.47. The van der Waals surface area contributed by atoms with E-state index in [1.54, 1.807) is 0 Å². The molecule has 1 aromatic rings. The monoisotopic (exact) mass is 269 g/mol. The molecule has 0 unspecified atom stereocenters. The predicted molar refractivity (Wildman–Crippen MR) is 54.9 cm³/mol. The van der Waals surface area contributed by atoms with Crippen molar-refractivity contribution in [1.82, 2.24) is 4.98 Å². The number of rotatable bonds is 4. The van der Waals surface area contributed by atoms with Crippen molar-refractivity contribution in [3.05, 3.63) is 36.0 Å². The van der Waals surface area contributed by atoms with Crippen molar-refractivity contribution in [2.24, 2.45) is 0 Å². The molecule has 17 heavy (non-hydrogen) atoms. The highest BCUT2D eigenvalue weighted by atomic mass is 32.2. The summed E-state index contributed by atoms with van der Waals surface area (Å²) in [4.78, 5) is 3.60. The molecule has 0 saturated heterocycles. The van der Waals surface area contributed by atoms with Gasteiger partial charge in [-0.3, -0.25) is 0 Å². The summed E-state index contributed by atoms with van der Waals surface area (Å²) < 4.78 is 59.8. The summed E-state index contributed by atoms with van der Waals surface area (Å²) in [6, 6.07) is 2.14. The molecule has 0 saturated carbocycles. The van der Waals surface area contributed by atoms with Gasteiger partial charge in [-0.1, -0.05) is 0 Å². The van der Waals surface area contributed by atoms with Crippen LogP contribution in [0.1, 0.15) is 12.0 Å². The minimum atomic E-state index is -4.41. The van der Waals surface area contributed by atoms with Crippen LogP contribution in [0.3, 0.4) is 0 Å². The van der Waals surface area contributed by atoms with E-state index in [0.717, 1.165) is 30.1 Å². The Balaban J connectivity index is 2.49. The molecule has 0 atom stereocenters. The molecule has 1 heterocycles. The highest BCUT2D eigenvalue weighted by Crippen LogP contribution is 2.29. The van der Waals surface area contributed by atoms with E-state index >= 15 is 0 Å². The first-order chi connectivity index (χ1) is 7.89. The van der Waals surface area contributed by atoms with E-state index in [-0.39, 0.29) is 6.42 Å². The lowest BCUT2D eigenvalue weighted by molar-refractivity contribution is -0.137. The van der Waals surface area contributed by atoms with Gasteiger partial charge in [-0.25, -0.2) is 4.98 Å². The highest BCUT2D eigenvalue weighted by molar-refractivity contribution is 7.99. The summed E-state index contributed by atoms with van der Waals surface area (Å²) in [5.41, 5.74) is -0.823. The zero-order chi connectivity index (χ0) is 12.9. The van der Waals surface area contributed by atoms with Crippen molar-refractivity contribution in [2.45, 2.75) is 17.6 Å². The summed E-state index contributed by atoms with van der Waals surface area (Å²) in [5, 5.41) is 0.380. The lowest BCUT2D eigenvalue weighted by Gasteiger charge is -2.06. The molecule has 0 aliphatic rings. The molecule has 0 radical (unpaired) electrons. The third kappa shape index (κ3) is 5.16. The van der Waals surface area contributed by atoms with E-state index in [4.69, 9.17) is 0 Å². The zero-order valence-corrected chi connectivity index (χ0v) is 9.29. The van der Waals surface area contributed by atoms with Gasteiger partial charge in [0.25, 0.3) is 6.08 Å². The Morgan fingerprint density at radius 1 is 1.29 bits per heavy atom. The van der Waals surface area contributed by atoms with Gasteiger partial charge in [0.05, 0.1) is 10.6 Å². The predicted octanol–water partition coefficient (Wildman–Crippen LogP) is 4.36. The number of thioether (sulfide) groups is 1. The minimum absolute atomic E-state index is 0.149. The average Bonchev–Trinajstić information content (AvgIpc) is 2.23. The van der Waals surface area contributed by atoms with E-state index < -0.39 is 17.8 Å². The second-order valence-electron chi connectivity index (χ2n) is 3.01. The van der Waals surface area contributed by atoms with Gasteiger partial charge in [-0.05, 0) is 24.6 Å². The lowest BCUT2D eigenvalue weighted by Crippen LogP contribution is -2.05. The van der Waals surface area contributed by atoms with Crippen LogP contribution in [0.15, 0.2) is 35.5 Å². The van der Waals surface area contributed by atoms with E-state index in [0.29, 0.717) is 10.8 Å². The number of pyridine rings is 1. The summed E-state index contributed by atoms with van der Waals surface area (Å²) in [5.74, 6) is 0.343. The molecule has 0 aromatic carbocycles. The van der Waals surface area contributed by atoms with Gasteiger partial charge in [-0.15, -0.1) is 11.8 Å². The minimum Gasteiger partial charge on any atom is -0.249 e. The number of allylic oxidation sites excluding steroid dienone is 1. The second-order valence-corrected chi connectivity index (χ2v) is 4.13. The fourth-order valence-electron chi connectivity index (χ4n) is 0.965. The maximum absolute atomic E-state index is 12.2. The van der Waals surface area contributed by atoms with Crippen molar-refractivity contribution in [3.63, 3.8) is 0 Å². The number of nitrogens with zero attached hydrogens (tertiary/aromatic N) is 1. The second kappa shape index (κ2) is 6.00. The molecule has 0 amide bonds. The first-order valence-corrected chi connectivity index (χ1v) is 5.55. The molecule has 1 aromatic heterocycles. The largest absolute Gasteiger partial charge is 0.417 e. The van der Waals surface area contributed by atoms with Crippen LogP contribution in [0.25, 0.3) is 0 Å². The van der Waals surface area contributed by atoms with E-state index in [9.17, 15) is 22.0 Å². The van der Waals surface area contributed by atoms with Gasteiger partial charge in [0, 0.05) is 11.9 Å². The molecule has 7 heteroatoms. The summed E-state index contributed by atoms with van der Waals surface area (Å²) >= 11 is 1.13. The molecule has 0 spiro atoms. The van der Waals surface area contributed by atoms with Crippen molar-refractivity contribution >= 4 is 11.8 Å². The van der Waals surface area contributed by atoms with Gasteiger partial charge in [0.15, 0.2) is 0 Å². The van der Waals surface area contributed by atoms with E-state index in [1.807, 2.05) is 0 Å². The standard InChI is InChI=1S/C10H8F5NS/c11-8(12)2-1-5-17-9-4-3-7(6-16-9)10(13,14)15/h2-4,6H,1,5H2. The molecule has 0 fully saturated rings. The van der Waals surface area contributed by atoms with Gasteiger partial charge < -0.3 is 0 Å². The lowest BCUT2D eigenvalue weighted by atomic mass is 10.3. The number of aromatic nitrogens is 1. The van der Waals surface area contributed by atoms with Gasteiger partial charge in [0.1, 0.15) is 0 Å². The maximum Gasteiger partial charge on any atom is 0.417 e. The molecular formula is C10H8F5NS. The third-order valence-corrected chi connectivity index (χ3v) is 2.71. The summed E-state index contributed by atoms with van der Waals surface area (Å²) in [7, 11) is 0. The summed E-state index contributed by atoms with van der Waals surface area (Å²) in [6.07, 6.45) is -4.53. The van der Waals surface area contributed by atoms with Gasteiger partial charge >= 0.3 is 6.18 Å². The van der Waals surface area contributed by atoms with E-state index in [1.165, 1.54) is 6.07 Å². The number of halogens is 5. The van der Waals surface area contributed by atoms with Crippen molar-refractivity contribution in [2.75, 3.05) is 5.75 Å². The SMILES string of the molecule is FC(F)=CCCSc1ccc(C(F)(F)F)cn1. The Labute approximate surface area is 98.7 Å². The van der Waals surface area contributed by atoms with Gasteiger partial charge in [-0.2, -0.15) is 22.0 Å². The molecule has 0 aliphatic carbocycles. The summed E-state index contributed by atoms with van der Waals surface area (Å²) in [6.45, 7) is 0. The molecule has 0 aliphatic heterocycles. The molecular weight excluding hydrogens is 261 g/mol. The van der Waals surface area contributed by atoms with Crippen molar-refractivity contribution < 1.29 is 22.0 Å². The topological polar surface area (TPSA) is 12.9 Å². The van der Waals surface area contributed by atoms with Crippen LogP contribution < -0.4 is 0 Å². The fraction of sp³-hybridized carbons (Fsp3) is 0.300. The van der Waals surface area contributed by atoms with Crippen molar-refractivity contribution in [1.29, 1.82) is 0 Å². The van der Waals surface area contributed by atoms with Gasteiger partial charge in [0.2, 0.25) is 0 Å². The Morgan fingerprint density at radius 3 is 2.47 bits per heavy atom.